The number of aliphatic carboxylic acids is 1. The quantitative estimate of drug-likeness (QED) is 0.667. The van der Waals surface area contributed by atoms with Crippen molar-refractivity contribution in [1.29, 1.82) is 0 Å². The molecule has 1 heterocycles. The van der Waals surface area contributed by atoms with Crippen LogP contribution >= 0.6 is 46.4 Å². The molecule has 1 aliphatic heterocycles. The lowest BCUT2D eigenvalue weighted by atomic mass is 9.96. The highest BCUT2D eigenvalue weighted by atomic mass is 35.5. The number of hydrogen-bond donors (Lipinski definition) is 1. The normalized spacial score (nSPS) is 19.1. The maximum atomic E-state index is 11.7. The van der Waals surface area contributed by atoms with Crippen LogP contribution in [0, 0.1) is 0 Å². The van der Waals surface area contributed by atoms with Crippen LogP contribution in [-0.2, 0) is 4.79 Å². The van der Waals surface area contributed by atoms with Crippen molar-refractivity contribution >= 4 is 52.4 Å². The van der Waals surface area contributed by atoms with Gasteiger partial charge < -0.3 is 5.11 Å². The van der Waals surface area contributed by atoms with Crippen LogP contribution in [0.15, 0.2) is 36.4 Å². The number of benzene rings is 2. The van der Waals surface area contributed by atoms with E-state index in [4.69, 9.17) is 46.4 Å². The molecule has 1 saturated heterocycles. The number of carboxylic acid groups (broad SMARTS) is 1. The number of halogens is 4. The Bertz CT molecular complexity index is 812. The third kappa shape index (κ3) is 3.91. The number of carboxylic acids is 1. The van der Waals surface area contributed by atoms with E-state index in [1.165, 1.54) is 0 Å². The van der Waals surface area contributed by atoms with Gasteiger partial charge in [0.05, 0.1) is 16.1 Å². The molecule has 3 rings (SSSR count). The zero-order chi connectivity index (χ0) is 18.1. The van der Waals surface area contributed by atoms with Gasteiger partial charge in [-0.1, -0.05) is 58.5 Å². The van der Waals surface area contributed by atoms with Crippen LogP contribution in [0.4, 0.5) is 0 Å². The fraction of sp³-hybridized carbons (Fsp3) is 0.278. The average molecular weight is 419 g/mol. The zero-order valence-electron chi connectivity index (χ0n) is 13.1. The summed E-state index contributed by atoms with van der Waals surface area (Å²) in [5.41, 5.74) is 1.63. The topological polar surface area (TPSA) is 40.5 Å². The minimum Gasteiger partial charge on any atom is -0.480 e. The molecule has 0 aliphatic carbocycles. The van der Waals surface area contributed by atoms with Gasteiger partial charge in [-0.05, 0) is 48.2 Å². The van der Waals surface area contributed by atoms with Crippen molar-refractivity contribution in [1.82, 2.24) is 4.90 Å². The summed E-state index contributed by atoms with van der Waals surface area (Å²) in [7, 11) is 0. The molecule has 132 valence electrons. The van der Waals surface area contributed by atoms with E-state index >= 15 is 0 Å². The first-order valence-corrected chi connectivity index (χ1v) is 9.28. The number of hydrogen-bond acceptors (Lipinski definition) is 2. The summed E-state index contributed by atoms with van der Waals surface area (Å²) < 4.78 is 0. The predicted molar refractivity (Wildman–Crippen MR) is 102 cm³/mol. The Hall–Kier alpha value is -0.970. The summed E-state index contributed by atoms with van der Waals surface area (Å²) in [5.74, 6) is -0.840. The summed E-state index contributed by atoms with van der Waals surface area (Å²) in [4.78, 5) is 13.6. The maximum Gasteiger partial charge on any atom is 0.320 e. The summed E-state index contributed by atoms with van der Waals surface area (Å²) in [5, 5.41) is 11.5. The standard InChI is InChI=1S/C18H15Cl4NO2/c19-11-4-5-12(14(21)9-11)17(10-3-6-13(20)15(22)8-10)23-7-1-2-16(23)18(24)25/h3-6,8-9,16-17H,1-2,7H2,(H,24,25). The third-order valence-corrected chi connectivity index (χ3v) is 5.73. The average Bonchev–Trinajstić information content (AvgIpc) is 3.02. The predicted octanol–water partition coefficient (Wildman–Crippen LogP) is 5.94. The number of rotatable bonds is 4. The highest BCUT2D eigenvalue weighted by molar-refractivity contribution is 6.42. The first-order chi connectivity index (χ1) is 11.9. The number of likely N-dealkylation sites (tertiary alicyclic amines) is 1. The molecule has 1 N–H and O–H groups in total. The van der Waals surface area contributed by atoms with Gasteiger partial charge in [0.25, 0.3) is 0 Å². The minimum atomic E-state index is -0.840. The van der Waals surface area contributed by atoms with Gasteiger partial charge >= 0.3 is 5.97 Å². The van der Waals surface area contributed by atoms with Crippen molar-refractivity contribution in [2.75, 3.05) is 6.54 Å². The van der Waals surface area contributed by atoms with Crippen molar-refractivity contribution in [2.45, 2.75) is 24.9 Å². The first-order valence-electron chi connectivity index (χ1n) is 7.77. The van der Waals surface area contributed by atoms with Gasteiger partial charge in [0.1, 0.15) is 6.04 Å². The van der Waals surface area contributed by atoms with E-state index in [0.717, 1.165) is 17.5 Å². The van der Waals surface area contributed by atoms with E-state index in [0.29, 0.717) is 33.1 Å². The van der Waals surface area contributed by atoms with Crippen LogP contribution in [0.25, 0.3) is 0 Å². The molecule has 25 heavy (non-hydrogen) atoms. The molecule has 0 aromatic heterocycles. The Morgan fingerprint density at radius 3 is 2.44 bits per heavy atom. The monoisotopic (exact) mass is 417 g/mol. The smallest absolute Gasteiger partial charge is 0.320 e. The molecular formula is C18H15Cl4NO2. The maximum absolute atomic E-state index is 11.7. The molecule has 0 radical (unpaired) electrons. The fourth-order valence-corrected chi connectivity index (χ4v) is 4.14. The van der Waals surface area contributed by atoms with Crippen molar-refractivity contribution in [3.63, 3.8) is 0 Å². The van der Waals surface area contributed by atoms with Crippen molar-refractivity contribution in [3.8, 4) is 0 Å². The Kier molecular flexibility index (Phi) is 5.81. The van der Waals surface area contributed by atoms with Crippen molar-refractivity contribution in [2.24, 2.45) is 0 Å². The summed E-state index contributed by atoms with van der Waals surface area (Å²) >= 11 is 24.7. The Balaban J connectivity index is 2.13. The van der Waals surface area contributed by atoms with Crippen LogP contribution < -0.4 is 0 Å². The Morgan fingerprint density at radius 2 is 1.80 bits per heavy atom. The Labute approximate surface area is 166 Å². The SMILES string of the molecule is O=C(O)C1CCCN1C(c1ccc(Cl)c(Cl)c1)c1ccc(Cl)cc1Cl. The van der Waals surface area contributed by atoms with E-state index < -0.39 is 12.0 Å². The van der Waals surface area contributed by atoms with Crippen molar-refractivity contribution in [3.05, 3.63) is 67.6 Å². The van der Waals surface area contributed by atoms with Gasteiger partial charge in [0.15, 0.2) is 0 Å². The lowest BCUT2D eigenvalue weighted by Crippen LogP contribution is -2.39. The van der Waals surface area contributed by atoms with E-state index in [-0.39, 0.29) is 6.04 Å². The van der Waals surface area contributed by atoms with Gasteiger partial charge in [-0.15, -0.1) is 0 Å². The molecule has 3 nitrogen and oxygen atoms in total. The number of nitrogens with zero attached hydrogens (tertiary/aromatic N) is 1. The third-order valence-electron chi connectivity index (χ3n) is 4.43. The molecule has 1 fully saturated rings. The van der Waals surface area contributed by atoms with Crippen LogP contribution in [-0.4, -0.2) is 28.6 Å². The number of carbonyl (C=O) groups is 1. The van der Waals surface area contributed by atoms with Crippen LogP contribution in [0.2, 0.25) is 20.1 Å². The second kappa shape index (κ2) is 7.73. The molecule has 0 saturated carbocycles. The van der Waals surface area contributed by atoms with Gasteiger partial charge in [0.2, 0.25) is 0 Å². The molecule has 1 aliphatic rings. The van der Waals surface area contributed by atoms with Crippen LogP contribution in [0.3, 0.4) is 0 Å². The van der Waals surface area contributed by atoms with E-state index in [1.54, 1.807) is 24.3 Å². The lowest BCUT2D eigenvalue weighted by molar-refractivity contribution is -0.142. The molecule has 2 unspecified atom stereocenters. The van der Waals surface area contributed by atoms with Gasteiger partial charge in [0, 0.05) is 16.6 Å². The van der Waals surface area contributed by atoms with E-state index in [1.807, 2.05) is 17.0 Å². The molecular weight excluding hydrogens is 404 g/mol. The molecule has 0 amide bonds. The van der Waals surface area contributed by atoms with E-state index in [2.05, 4.69) is 0 Å². The van der Waals surface area contributed by atoms with Crippen LogP contribution in [0.1, 0.15) is 30.0 Å². The van der Waals surface area contributed by atoms with Crippen molar-refractivity contribution < 1.29 is 9.90 Å². The highest BCUT2D eigenvalue weighted by Gasteiger charge is 2.37. The summed E-state index contributed by atoms with van der Waals surface area (Å²) in [6, 6.07) is 9.64. The van der Waals surface area contributed by atoms with Gasteiger partial charge in [-0.25, -0.2) is 0 Å². The first kappa shape index (κ1) is 18.8. The Morgan fingerprint density at radius 1 is 1.04 bits per heavy atom. The largest absolute Gasteiger partial charge is 0.480 e. The lowest BCUT2D eigenvalue weighted by Gasteiger charge is -2.32. The van der Waals surface area contributed by atoms with Gasteiger partial charge in [-0.3, -0.25) is 9.69 Å². The molecule has 7 heteroatoms. The molecule has 2 atom stereocenters. The molecule has 2 aromatic carbocycles. The molecule has 0 spiro atoms. The second-order valence-corrected chi connectivity index (χ2v) is 7.63. The molecule has 2 aromatic rings. The zero-order valence-corrected chi connectivity index (χ0v) is 16.1. The minimum absolute atomic E-state index is 0.344. The fourth-order valence-electron chi connectivity index (χ4n) is 3.32. The van der Waals surface area contributed by atoms with Crippen LogP contribution in [0.5, 0.6) is 0 Å². The van der Waals surface area contributed by atoms with Gasteiger partial charge in [-0.2, -0.15) is 0 Å². The van der Waals surface area contributed by atoms with E-state index in [9.17, 15) is 9.90 Å². The second-order valence-electron chi connectivity index (χ2n) is 5.98. The summed E-state index contributed by atoms with van der Waals surface area (Å²) in [6.45, 7) is 0.654. The summed E-state index contributed by atoms with van der Waals surface area (Å²) in [6.07, 6.45) is 1.40. The molecule has 0 bridgehead atoms. The highest BCUT2D eigenvalue weighted by Crippen LogP contribution is 2.40.